The summed E-state index contributed by atoms with van der Waals surface area (Å²) in [5, 5.41) is 4.27. The number of halogens is 1. The average Bonchev–Trinajstić information content (AvgIpc) is 2.75. The van der Waals surface area contributed by atoms with Gasteiger partial charge in [0, 0.05) is 49.0 Å². The maximum absolute atomic E-state index is 6.12. The number of thioether (sulfide) groups is 1. The first-order chi connectivity index (χ1) is 13.7. The largest absolute Gasteiger partial charge is 0.376 e. The summed E-state index contributed by atoms with van der Waals surface area (Å²) in [7, 11) is 1.86. The lowest BCUT2D eigenvalue weighted by molar-refractivity contribution is -0.0721. The highest BCUT2D eigenvalue weighted by Crippen LogP contribution is 2.20. The molecule has 3 rings (SSSR count). The zero-order chi connectivity index (χ0) is 19.6. The van der Waals surface area contributed by atoms with Crippen molar-refractivity contribution in [3.63, 3.8) is 0 Å². The molecule has 2 aliphatic heterocycles. The van der Waals surface area contributed by atoms with Crippen LogP contribution in [0.5, 0.6) is 0 Å². The summed E-state index contributed by atoms with van der Waals surface area (Å²) in [6, 6.07) is 7.99. The van der Waals surface area contributed by atoms with Crippen LogP contribution in [0.25, 0.3) is 0 Å². The van der Waals surface area contributed by atoms with Crippen LogP contribution in [0, 0.1) is 0 Å². The maximum atomic E-state index is 6.12. The van der Waals surface area contributed by atoms with Crippen molar-refractivity contribution in [2.75, 3.05) is 45.6 Å². The van der Waals surface area contributed by atoms with Crippen LogP contribution in [-0.4, -0.2) is 68.7 Å². The van der Waals surface area contributed by atoms with E-state index in [1.807, 2.05) is 30.9 Å². The molecule has 2 heterocycles. The molecule has 7 heteroatoms. The first-order valence-electron chi connectivity index (χ1n) is 10.3. The number of guanidine groups is 1. The van der Waals surface area contributed by atoms with E-state index in [4.69, 9.17) is 21.1 Å². The van der Waals surface area contributed by atoms with Crippen molar-refractivity contribution in [1.82, 2.24) is 10.2 Å². The van der Waals surface area contributed by atoms with E-state index in [2.05, 4.69) is 27.3 Å². The predicted molar refractivity (Wildman–Crippen MR) is 118 cm³/mol. The second-order valence-electron chi connectivity index (χ2n) is 7.28. The van der Waals surface area contributed by atoms with Crippen LogP contribution in [0.3, 0.4) is 0 Å². The molecule has 0 spiro atoms. The Labute approximate surface area is 178 Å². The second kappa shape index (κ2) is 11.9. The van der Waals surface area contributed by atoms with Gasteiger partial charge in [0.2, 0.25) is 0 Å². The van der Waals surface area contributed by atoms with E-state index in [0.29, 0.717) is 12.2 Å². The third-order valence-electron chi connectivity index (χ3n) is 5.21. The van der Waals surface area contributed by atoms with Crippen LogP contribution < -0.4 is 5.32 Å². The first-order valence-corrected chi connectivity index (χ1v) is 11.7. The van der Waals surface area contributed by atoms with Gasteiger partial charge in [-0.3, -0.25) is 4.99 Å². The average molecular weight is 426 g/mol. The van der Waals surface area contributed by atoms with Gasteiger partial charge in [-0.2, -0.15) is 0 Å². The van der Waals surface area contributed by atoms with E-state index < -0.39 is 0 Å². The van der Waals surface area contributed by atoms with E-state index in [9.17, 15) is 0 Å². The minimum atomic E-state index is 0.305. The number of hydrogen-bond acceptors (Lipinski definition) is 4. The van der Waals surface area contributed by atoms with E-state index >= 15 is 0 Å². The lowest BCUT2D eigenvalue weighted by atomic mass is 10.1. The van der Waals surface area contributed by atoms with Gasteiger partial charge >= 0.3 is 0 Å². The Balaban J connectivity index is 1.31. The number of hydrogen-bond donors (Lipinski definition) is 1. The van der Waals surface area contributed by atoms with Gasteiger partial charge in [0.05, 0.1) is 18.8 Å². The van der Waals surface area contributed by atoms with Crippen molar-refractivity contribution >= 4 is 29.3 Å². The van der Waals surface area contributed by atoms with Crippen molar-refractivity contribution in [3.05, 3.63) is 29.3 Å². The van der Waals surface area contributed by atoms with Crippen molar-refractivity contribution in [2.24, 2.45) is 4.99 Å². The number of nitrogens with zero attached hydrogens (tertiary/aromatic N) is 2. The van der Waals surface area contributed by atoms with Crippen LogP contribution in [0.4, 0.5) is 0 Å². The molecule has 2 saturated heterocycles. The monoisotopic (exact) mass is 425 g/mol. The Morgan fingerprint density at radius 1 is 1.25 bits per heavy atom. The highest BCUT2D eigenvalue weighted by atomic mass is 35.5. The van der Waals surface area contributed by atoms with E-state index in [0.717, 1.165) is 68.8 Å². The summed E-state index contributed by atoms with van der Waals surface area (Å²) in [6.45, 7) is 4.50. The van der Waals surface area contributed by atoms with Crippen LogP contribution in [-0.2, 0) is 9.47 Å². The molecular formula is C21H32ClN3O2S. The number of likely N-dealkylation sites (tertiary alicyclic amines) is 1. The lowest BCUT2D eigenvalue weighted by Gasteiger charge is -2.35. The Morgan fingerprint density at radius 3 is 2.71 bits per heavy atom. The van der Waals surface area contributed by atoms with Crippen LogP contribution in [0.1, 0.15) is 32.1 Å². The molecule has 28 heavy (non-hydrogen) atoms. The van der Waals surface area contributed by atoms with Crippen molar-refractivity contribution < 1.29 is 9.47 Å². The Kier molecular flexibility index (Phi) is 9.25. The van der Waals surface area contributed by atoms with Gasteiger partial charge in [0.1, 0.15) is 0 Å². The lowest BCUT2D eigenvalue weighted by Crippen LogP contribution is -2.47. The number of aliphatic imine (C=N–C) groups is 1. The zero-order valence-corrected chi connectivity index (χ0v) is 18.3. The number of nitrogens with one attached hydrogen (secondary N) is 1. The minimum absolute atomic E-state index is 0.305. The summed E-state index contributed by atoms with van der Waals surface area (Å²) < 4.78 is 11.9. The van der Waals surface area contributed by atoms with Crippen LogP contribution in [0.15, 0.2) is 34.2 Å². The summed E-state index contributed by atoms with van der Waals surface area (Å²) in [5.41, 5.74) is 0. The second-order valence-corrected chi connectivity index (χ2v) is 8.89. The number of piperidine rings is 1. The van der Waals surface area contributed by atoms with Gasteiger partial charge in [-0.15, -0.1) is 11.8 Å². The van der Waals surface area contributed by atoms with Crippen LogP contribution in [0.2, 0.25) is 5.02 Å². The molecular weight excluding hydrogens is 394 g/mol. The molecule has 1 aromatic rings. The Bertz CT molecular complexity index is 600. The molecule has 2 aliphatic rings. The Morgan fingerprint density at radius 2 is 2.04 bits per heavy atom. The maximum Gasteiger partial charge on any atom is 0.193 e. The molecule has 0 saturated carbocycles. The molecule has 1 atom stereocenters. The van der Waals surface area contributed by atoms with Gasteiger partial charge in [-0.1, -0.05) is 11.6 Å². The summed E-state index contributed by atoms with van der Waals surface area (Å²) in [6.07, 6.45) is 6.35. The van der Waals surface area contributed by atoms with Gasteiger partial charge < -0.3 is 19.7 Å². The fourth-order valence-electron chi connectivity index (χ4n) is 3.61. The highest BCUT2D eigenvalue weighted by Gasteiger charge is 2.23. The SMILES string of the molecule is CN=C(NCCSc1ccc(Cl)cc1)N1CCC(OCC2CCCCO2)CC1. The molecule has 1 unspecified atom stereocenters. The first kappa shape index (κ1) is 21.8. The highest BCUT2D eigenvalue weighted by molar-refractivity contribution is 7.99. The van der Waals surface area contributed by atoms with E-state index in [-0.39, 0.29) is 0 Å². The third-order valence-corrected chi connectivity index (χ3v) is 6.48. The third kappa shape index (κ3) is 7.14. The zero-order valence-electron chi connectivity index (χ0n) is 16.7. The molecule has 1 N–H and O–H groups in total. The molecule has 0 bridgehead atoms. The number of ether oxygens (including phenoxy) is 2. The van der Waals surface area contributed by atoms with Crippen molar-refractivity contribution in [1.29, 1.82) is 0 Å². The van der Waals surface area contributed by atoms with Gasteiger partial charge in [-0.05, 0) is 56.4 Å². The smallest absolute Gasteiger partial charge is 0.193 e. The fraction of sp³-hybridized carbons (Fsp3) is 0.667. The van der Waals surface area contributed by atoms with Gasteiger partial charge in [-0.25, -0.2) is 0 Å². The molecule has 0 aliphatic carbocycles. The standard InChI is InChI=1S/C21H32ClN3O2S/c1-23-21(24-11-15-28-20-7-5-17(22)6-8-20)25-12-9-18(10-13-25)27-16-19-4-2-3-14-26-19/h5-8,18-19H,2-4,9-16H2,1H3,(H,23,24). The quantitative estimate of drug-likeness (QED) is 0.309. The molecule has 1 aromatic carbocycles. The van der Waals surface area contributed by atoms with Crippen LogP contribution >= 0.6 is 23.4 Å². The summed E-state index contributed by atoms with van der Waals surface area (Å²) in [4.78, 5) is 8.03. The normalized spacial score (nSPS) is 21.7. The molecule has 5 nitrogen and oxygen atoms in total. The number of rotatable bonds is 7. The minimum Gasteiger partial charge on any atom is -0.376 e. The fourth-order valence-corrected chi connectivity index (χ4v) is 4.51. The molecule has 156 valence electrons. The predicted octanol–water partition coefficient (Wildman–Crippen LogP) is 4.06. The molecule has 0 aromatic heterocycles. The van der Waals surface area contributed by atoms with Gasteiger partial charge in [0.25, 0.3) is 0 Å². The molecule has 2 fully saturated rings. The van der Waals surface area contributed by atoms with Gasteiger partial charge in [0.15, 0.2) is 5.96 Å². The summed E-state index contributed by atoms with van der Waals surface area (Å²) >= 11 is 7.75. The Hall–Kier alpha value is -0.950. The van der Waals surface area contributed by atoms with E-state index in [1.165, 1.54) is 17.7 Å². The molecule has 0 amide bonds. The summed E-state index contributed by atoms with van der Waals surface area (Å²) in [5.74, 6) is 1.98. The number of benzene rings is 1. The van der Waals surface area contributed by atoms with Crippen molar-refractivity contribution in [3.8, 4) is 0 Å². The van der Waals surface area contributed by atoms with E-state index in [1.54, 1.807) is 0 Å². The topological polar surface area (TPSA) is 46.1 Å². The van der Waals surface area contributed by atoms with Crippen molar-refractivity contribution in [2.45, 2.75) is 49.2 Å². The molecule has 0 radical (unpaired) electrons.